The molecule has 0 radical (unpaired) electrons. The summed E-state index contributed by atoms with van der Waals surface area (Å²) < 4.78 is 0. The zero-order valence-electron chi connectivity index (χ0n) is 6.89. The maximum atomic E-state index is 10.9. The Hall–Kier alpha value is -0.640. The molecule has 0 saturated carbocycles. The second-order valence-electron chi connectivity index (χ2n) is 2.46. The van der Waals surface area contributed by atoms with E-state index in [1.807, 2.05) is 13.8 Å². The van der Waals surface area contributed by atoms with E-state index in [1.54, 1.807) is 0 Å². The van der Waals surface area contributed by atoms with Crippen molar-refractivity contribution in [1.29, 1.82) is 0 Å². The van der Waals surface area contributed by atoms with Gasteiger partial charge in [-0.25, -0.2) is 0 Å². The van der Waals surface area contributed by atoms with Crippen molar-refractivity contribution in [2.45, 2.75) is 20.3 Å². The van der Waals surface area contributed by atoms with Crippen LogP contribution in [0.1, 0.15) is 20.3 Å². The molecule has 0 aliphatic heterocycles. The van der Waals surface area contributed by atoms with Gasteiger partial charge in [-0.05, 0) is 6.92 Å². The van der Waals surface area contributed by atoms with Gasteiger partial charge in [-0.2, -0.15) is 0 Å². The topological polar surface area (TPSA) is 55.1 Å². The lowest BCUT2D eigenvalue weighted by atomic mass is 10.1. The van der Waals surface area contributed by atoms with E-state index in [0.717, 1.165) is 0 Å². The van der Waals surface area contributed by atoms with Crippen LogP contribution in [0.25, 0.3) is 0 Å². The number of amides is 1. The fourth-order valence-electron chi connectivity index (χ4n) is 0.648. The van der Waals surface area contributed by atoms with Crippen molar-refractivity contribution in [3.05, 3.63) is 0 Å². The lowest BCUT2D eigenvalue weighted by molar-refractivity contribution is -0.121. The van der Waals surface area contributed by atoms with Crippen molar-refractivity contribution in [2.24, 2.45) is 11.7 Å². The molecule has 1 amide bonds. The molecule has 0 bridgehead atoms. The van der Waals surface area contributed by atoms with E-state index in [2.05, 4.69) is 5.32 Å². The normalized spacial score (nSPS) is 12.2. The van der Waals surface area contributed by atoms with E-state index >= 15 is 0 Å². The number of nitrogens with two attached hydrogens (primary N) is 1. The first kappa shape index (κ1) is 10.4. The number of hydrogen-bond acceptors (Lipinski definition) is 2. The summed E-state index contributed by atoms with van der Waals surface area (Å²) in [4.78, 5) is 11.3. The summed E-state index contributed by atoms with van der Waals surface area (Å²) in [5.74, 6) is 0.00403. The van der Waals surface area contributed by atoms with E-state index in [-0.39, 0.29) is 11.8 Å². The van der Waals surface area contributed by atoms with Crippen LogP contribution in [-0.4, -0.2) is 17.4 Å². The van der Waals surface area contributed by atoms with Crippen molar-refractivity contribution < 1.29 is 4.79 Å². The standard InChI is InChI=1S/C7H14N2OS/c1-3-9-6(10)4-5(2)7(8)11/h5H,3-4H2,1-2H3,(H2,8,11)(H,9,10). The molecule has 0 rings (SSSR count). The minimum Gasteiger partial charge on any atom is -0.393 e. The average Bonchev–Trinajstić information content (AvgIpc) is 1.87. The number of carbonyl (C=O) groups excluding carboxylic acids is 1. The Bertz CT molecular complexity index is 159. The highest BCUT2D eigenvalue weighted by Crippen LogP contribution is 2.00. The molecule has 0 aromatic carbocycles. The zero-order valence-corrected chi connectivity index (χ0v) is 7.70. The van der Waals surface area contributed by atoms with Crippen LogP contribution in [0.15, 0.2) is 0 Å². The predicted octanol–water partition coefficient (Wildman–Crippen LogP) is 0.435. The second kappa shape index (κ2) is 5.07. The van der Waals surface area contributed by atoms with Crippen LogP contribution in [-0.2, 0) is 4.79 Å². The number of nitrogens with one attached hydrogen (secondary N) is 1. The average molecular weight is 174 g/mol. The van der Waals surface area contributed by atoms with Crippen molar-refractivity contribution >= 4 is 23.1 Å². The molecular weight excluding hydrogens is 160 g/mol. The van der Waals surface area contributed by atoms with Gasteiger partial charge >= 0.3 is 0 Å². The molecule has 1 unspecified atom stereocenters. The second-order valence-corrected chi connectivity index (χ2v) is 2.93. The molecule has 64 valence electrons. The lowest BCUT2D eigenvalue weighted by Gasteiger charge is -2.07. The van der Waals surface area contributed by atoms with E-state index in [4.69, 9.17) is 18.0 Å². The summed E-state index contributed by atoms with van der Waals surface area (Å²) in [6.07, 6.45) is 0.392. The maximum absolute atomic E-state index is 10.9. The van der Waals surface area contributed by atoms with Crippen LogP contribution in [0.4, 0.5) is 0 Å². The molecule has 11 heavy (non-hydrogen) atoms. The molecule has 3 nitrogen and oxygen atoms in total. The highest BCUT2D eigenvalue weighted by Gasteiger charge is 2.09. The van der Waals surface area contributed by atoms with Crippen LogP contribution in [0.5, 0.6) is 0 Å². The van der Waals surface area contributed by atoms with Gasteiger partial charge in [-0.15, -0.1) is 0 Å². The van der Waals surface area contributed by atoms with Gasteiger partial charge < -0.3 is 11.1 Å². The van der Waals surface area contributed by atoms with Crippen LogP contribution >= 0.6 is 12.2 Å². The van der Waals surface area contributed by atoms with Gasteiger partial charge in [0.1, 0.15) is 0 Å². The highest BCUT2D eigenvalue weighted by molar-refractivity contribution is 7.80. The molecule has 3 N–H and O–H groups in total. The Balaban J connectivity index is 3.66. The summed E-state index contributed by atoms with van der Waals surface area (Å²) >= 11 is 4.72. The monoisotopic (exact) mass is 174 g/mol. The first-order chi connectivity index (χ1) is 5.07. The quantitative estimate of drug-likeness (QED) is 0.608. The molecule has 0 aromatic rings. The number of hydrogen-bond donors (Lipinski definition) is 2. The SMILES string of the molecule is CCNC(=O)CC(C)C(N)=S. The zero-order chi connectivity index (χ0) is 8.85. The van der Waals surface area contributed by atoms with Crippen LogP contribution < -0.4 is 11.1 Å². The lowest BCUT2D eigenvalue weighted by Crippen LogP contribution is -2.28. The van der Waals surface area contributed by atoms with Crippen LogP contribution in [0.3, 0.4) is 0 Å². The highest BCUT2D eigenvalue weighted by atomic mass is 32.1. The van der Waals surface area contributed by atoms with Crippen molar-refractivity contribution in [2.75, 3.05) is 6.54 Å². The molecule has 4 heteroatoms. The van der Waals surface area contributed by atoms with E-state index in [0.29, 0.717) is 18.0 Å². The molecule has 0 heterocycles. The minimum absolute atomic E-state index is 0.00319. The third-order valence-electron chi connectivity index (χ3n) is 1.35. The Morgan fingerprint density at radius 3 is 2.64 bits per heavy atom. The third kappa shape index (κ3) is 4.72. The molecule has 0 saturated heterocycles. The molecule has 0 fully saturated rings. The number of carbonyl (C=O) groups is 1. The Morgan fingerprint density at radius 2 is 2.27 bits per heavy atom. The van der Waals surface area contributed by atoms with Crippen molar-refractivity contribution in [1.82, 2.24) is 5.32 Å². The molecular formula is C7H14N2OS. The predicted molar refractivity (Wildman–Crippen MR) is 49.3 cm³/mol. The fraction of sp³-hybridized carbons (Fsp3) is 0.714. The third-order valence-corrected chi connectivity index (χ3v) is 1.75. The maximum Gasteiger partial charge on any atom is 0.220 e. The van der Waals surface area contributed by atoms with Crippen LogP contribution in [0.2, 0.25) is 0 Å². The molecule has 0 spiro atoms. The fourth-order valence-corrected chi connectivity index (χ4v) is 0.731. The molecule has 0 aliphatic carbocycles. The summed E-state index contributed by atoms with van der Waals surface area (Å²) in [6, 6.07) is 0. The summed E-state index contributed by atoms with van der Waals surface area (Å²) in [6.45, 7) is 4.38. The van der Waals surface area contributed by atoms with E-state index in [9.17, 15) is 4.79 Å². The van der Waals surface area contributed by atoms with Crippen LogP contribution in [0, 0.1) is 5.92 Å². The Kier molecular flexibility index (Phi) is 4.77. The first-order valence-electron chi connectivity index (χ1n) is 3.64. The van der Waals surface area contributed by atoms with Gasteiger partial charge in [0, 0.05) is 18.9 Å². The van der Waals surface area contributed by atoms with E-state index < -0.39 is 0 Å². The first-order valence-corrected chi connectivity index (χ1v) is 4.04. The summed E-state index contributed by atoms with van der Waals surface area (Å²) in [5.41, 5.74) is 5.33. The Morgan fingerprint density at radius 1 is 1.73 bits per heavy atom. The van der Waals surface area contributed by atoms with Gasteiger partial charge in [0.15, 0.2) is 0 Å². The number of rotatable bonds is 4. The van der Waals surface area contributed by atoms with Gasteiger partial charge in [0.05, 0.1) is 4.99 Å². The molecule has 0 aromatic heterocycles. The van der Waals surface area contributed by atoms with Gasteiger partial charge in [0.2, 0.25) is 5.91 Å². The summed E-state index contributed by atoms with van der Waals surface area (Å²) in [5, 5.41) is 2.68. The smallest absolute Gasteiger partial charge is 0.220 e. The summed E-state index contributed by atoms with van der Waals surface area (Å²) in [7, 11) is 0. The number of thiocarbonyl (C=S) groups is 1. The largest absolute Gasteiger partial charge is 0.393 e. The van der Waals surface area contributed by atoms with Crippen molar-refractivity contribution in [3.8, 4) is 0 Å². The van der Waals surface area contributed by atoms with Gasteiger partial charge in [-0.1, -0.05) is 19.1 Å². The molecule has 1 atom stereocenters. The minimum atomic E-state index is -0.00319. The van der Waals surface area contributed by atoms with E-state index in [1.165, 1.54) is 0 Å². The van der Waals surface area contributed by atoms with Crippen molar-refractivity contribution in [3.63, 3.8) is 0 Å². The van der Waals surface area contributed by atoms with Gasteiger partial charge in [-0.3, -0.25) is 4.79 Å². The van der Waals surface area contributed by atoms with Gasteiger partial charge in [0.25, 0.3) is 0 Å². The molecule has 0 aliphatic rings. The Labute approximate surface area is 72.3 Å².